The van der Waals surface area contributed by atoms with Gasteiger partial charge in [-0.3, -0.25) is 4.79 Å². The van der Waals surface area contributed by atoms with Gasteiger partial charge < -0.3 is 10.1 Å². The second-order valence-corrected chi connectivity index (χ2v) is 9.91. The molecular weight excluding hydrogens is 352 g/mol. The summed E-state index contributed by atoms with van der Waals surface area (Å²) in [7, 11) is -2.01. The van der Waals surface area contributed by atoms with Gasteiger partial charge in [0.05, 0.1) is 12.0 Å². The minimum absolute atomic E-state index is 0.00557. The molecule has 26 heavy (non-hydrogen) atoms. The van der Waals surface area contributed by atoms with Gasteiger partial charge in [0.1, 0.15) is 5.75 Å². The van der Waals surface area contributed by atoms with Crippen LogP contribution >= 0.6 is 0 Å². The quantitative estimate of drug-likeness (QED) is 0.869. The maximum absolute atomic E-state index is 13.0. The molecule has 0 saturated carbocycles. The number of ether oxygens (including phenoxy) is 1. The molecule has 1 aliphatic heterocycles. The van der Waals surface area contributed by atoms with Crippen LogP contribution in [0.4, 0.5) is 0 Å². The van der Waals surface area contributed by atoms with E-state index in [-0.39, 0.29) is 17.4 Å². The second-order valence-electron chi connectivity index (χ2n) is 8.00. The molecule has 1 fully saturated rings. The van der Waals surface area contributed by atoms with E-state index in [9.17, 15) is 13.2 Å². The van der Waals surface area contributed by atoms with Gasteiger partial charge >= 0.3 is 0 Å². The van der Waals surface area contributed by atoms with Gasteiger partial charge in [-0.1, -0.05) is 0 Å². The summed E-state index contributed by atoms with van der Waals surface area (Å²) in [5, 5.41) is 2.98. The second kappa shape index (κ2) is 7.56. The van der Waals surface area contributed by atoms with Crippen molar-refractivity contribution in [3.63, 3.8) is 0 Å². The van der Waals surface area contributed by atoms with Crippen LogP contribution in [0.25, 0.3) is 0 Å². The highest BCUT2D eigenvalue weighted by Gasteiger charge is 2.34. The highest BCUT2D eigenvalue weighted by atomic mass is 32.2. The zero-order valence-corrected chi connectivity index (χ0v) is 17.4. The first-order valence-electron chi connectivity index (χ1n) is 8.93. The van der Waals surface area contributed by atoms with Crippen molar-refractivity contribution < 1.29 is 17.9 Å². The van der Waals surface area contributed by atoms with Gasteiger partial charge in [0.15, 0.2) is 0 Å². The van der Waals surface area contributed by atoms with Crippen LogP contribution in [0.3, 0.4) is 0 Å². The molecule has 146 valence electrons. The number of nitrogens with one attached hydrogen (secondary N) is 1. The molecule has 0 spiro atoms. The molecule has 6 nitrogen and oxygen atoms in total. The number of aryl methyl sites for hydroxylation is 2. The van der Waals surface area contributed by atoms with Crippen LogP contribution < -0.4 is 10.1 Å². The van der Waals surface area contributed by atoms with Crippen LogP contribution in [0.1, 0.15) is 44.7 Å². The fourth-order valence-corrected chi connectivity index (χ4v) is 4.99. The zero-order chi connectivity index (χ0) is 19.7. The van der Waals surface area contributed by atoms with Crippen molar-refractivity contribution >= 4 is 15.9 Å². The summed E-state index contributed by atoms with van der Waals surface area (Å²) in [6, 6.07) is 3.42. The molecule has 2 rings (SSSR count). The first-order chi connectivity index (χ1) is 12.0. The topological polar surface area (TPSA) is 75.7 Å². The molecule has 1 saturated heterocycles. The minimum atomic E-state index is -3.58. The Morgan fingerprint density at radius 1 is 1.15 bits per heavy atom. The van der Waals surface area contributed by atoms with E-state index < -0.39 is 10.0 Å². The number of benzene rings is 1. The van der Waals surface area contributed by atoms with Crippen molar-refractivity contribution in [3.8, 4) is 5.75 Å². The number of piperidine rings is 1. The number of sulfonamides is 1. The van der Waals surface area contributed by atoms with Crippen LogP contribution in [-0.4, -0.2) is 44.4 Å². The van der Waals surface area contributed by atoms with E-state index in [1.165, 1.54) is 4.31 Å². The summed E-state index contributed by atoms with van der Waals surface area (Å²) >= 11 is 0. The number of methoxy groups -OCH3 is 1. The van der Waals surface area contributed by atoms with Gasteiger partial charge in [0.25, 0.3) is 0 Å². The average molecular weight is 383 g/mol. The maximum Gasteiger partial charge on any atom is 0.243 e. The van der Waals surface area contributed by atoms with Gasteiger partial charge in [0.2, 0.25) is 15.9 Å². The molecular formula is C19H30N2O4S. The third-order valence-corrected chi connectivity index (χ3v) is 6.67. The fourth-order valence-electron chi connectivity index (χ4n) is 3.23. The molecule has 1 heterocycles. The van der Waals surface area contributed by atoms with Crippen LogP contribution in [0, 0.1) is 19.8 Å². The standard InChI is InChI=1S/C19H30N2O4S/c1-13-12-17(14(2)11-16(13)25-6)26(23,24)21-9-7-15(8-10-21)18(22)20-19(3,4)5/h11-12,15H,7-10H2,1-6H3,(H,20,22). The Labute approximate surface area is 157 Å². The number of nitrogens with zero attached hydrogens (tertiary/aromatic N) is 1. The smallest absolute Gasteiger partial charge is 0.243 e. The number of carbonyl (C=O) groups excluding carboxylic acids is 1. The molecule has 0 bridgehead atoms. The number of amides is 1. The Morgan fingerprint density at radius 3 is 2.23 bits per heavy atom. The summed E-state index contributed by atoms with van der Waals surface area (Å²) in [5.41, 5.74) is 1.18. The number of hydrogen-bond acceptors (Lipinski definition) is 4. The van der Waals surface area contributed by atoms with E-state index in [0.29, 0.717) is 42.1 Å². The normalized spacial score (nSPS) is 17.2. The molecule has 1 amide bonds. The van der Waals surface area contributed by atoms with Crippen molar-refractivity contribution in [2.24, 2.45) is 5.92 Å². The lowest BCUT2D eigenvalue weighted by molar-refractivity contribution is -0.127. The lowest BCUT2D eigenvalue weighted by atomic mass is 9.96. The Balaban J connectivity index is 2.13. The highest BCUT2D eigenvalue weighted by molar-refractivity contribution is 7.89. The first-order valence-corrected chi connectivity index (χ1v) is 10.4. The van der Waals surface area contributed by atoms with Gasteiger partial charge in [-0.05, 0) is 70.7 Å². The van der Waals surface area contributed by atoms with Crippen LogP contribution in [0.15, 0.2) is 17.0 Å². The average Bonchev–Trinajstić information content (AvgIpc) is 2.55. The molecule has 0 unspecified atom stereocenters. The number of carbonyl (C=O) groups is 1. The Bertz CT molecular complexity index is 773. The largest absolute Gasteiger partial charge is 0.496 e. The third-order valence-electron chi connectivity index (χ3n) is 4.63. The predicted octanol–water partition coefficient (Wildman–Crippen LogP) is 2.63. The molecule has 7 heteroatoms. The molecule has 1 N–H and O–H groups in total. The van der Waals surface area contributed by atoms with Gasteiger partial charge in [-0.25, -0.2) is 8.42 Å². The van der Waals surface area contributed by atoms with E-state index in [1.807, 2.05) is 27.7 Å². The lowest BCUT2D eigenvalue weighted by Crippen LogP contribution is -2.47. The molecule has 1 aromatic carbocycles. The number of rotatable bonds is 4. The van der Waals surface area contributed by atoms with E-state index >= 15 is 0 Å². The zero-order valence-electron chi connectivity index (χ0n) is 16.5. The molecule has 1 aliphatic rings. The first kappa shape index (κ1) is 20.7. The van der Waals surface area contributed by atoms with Crippen molar-refractivity contribution in [1.29, 1.82) is 0 Å². The van der Waals surface area contributed by atoms with Crippen molar-refractivity contribution in [1.82, 2.24) is 9.62 Å². The minimum Gasteiger partial charge on any atom is -0.496 e. The SMILES string of the molecule is COc1cc(C)c(S(=O)(=O)N2CCC(C(=O)NC(C)(C)C)CC2)cc1C. The monoisotopic (exact) mass is 382 g/mol. The van der Waals surface area contributed by atoms with E-state index in [2.05, 4.69) is 5.32 Å². The molecule has 0 radical (unpaired) electrons. The molecule has 0 aliphatic carbocycles. The van der Waals surface area contributed by atoms with E-state index in [1.54, 1.807) is 26.2 Å². The lowest BCUT2D eigenvalue weighted by Gasteiger charge is -2.32. The summed E-state index contributed by atoms with van der Waals surface area (Å²) < 4.78 is 32.9. The fraction of sp³-hybridized carbons (Fsp3) is 0.632. The van der Waals surface area contributed by atoms with Gasteiger partial charge in [-0.2, -0.15) is 4.31 Å². The van der Waals surface area contributed by atoms with Crippen molar-refractivity contribution in [2.45, 2.75) is 57.9 Å². The summed E-state index contributed by atoms with van der Waals surface area (Å²) in [6.07, 6.45) is 1.07. The van der Waals surface area contributed by atoms with Crippen molar-refractivity contribution in [2.75, 3.05) is 20.2 Å². The summed E-state index contributed by atoms with van der Waals surface area (Å²) in [4.78, 5) is 12.6. The number of hydrogen-bond donors (Lipinski definition) is 1. The van der Waals surface area contributed by atoms with Crippen LogP contribution in [-0.2, 0) is 14.8 Å². The summed E-state index contributed by atoms with van der Waals surface area (Å²) in [5.74, 6) is 0.546. The Kier molecular flexibility index (Phi) is 6.02. The molecule has 1 aromatic rings. The Hall–Kier alpha value is -1.60. The van der Waals surface area contributed by atoms with Crippen LogP contribution in [0.5, 0.6) is 5.75 Å². The van der Waals surface area contributed by atoms with Crippen molar-refractivity contribution in [3.05, 3.63) is 23.3 Å². The van der Waals surface area contributed by atoms with Crippen LogP contribution in [0.2, 0.25) is 0 Å². The maximum atomic E-state index is 13.0. The van der Waals surface area contributed by atoms with E-state index in [0.717, 1.165) is 5.56 Å². The summed E-state index contributed by atoms with van der Waals surface area (Å²) in [6.45, 7) is 10.2. The highest BCUT2D eigenvalue weighted by Crippen LogP contribution is 2.30. The molecule has 0 atom stereocenters. The third kappa shape index (κ3) is 4.57. The predicted molar refractivity (Wildman–Crippen MR) is 102 cm³/mol. The van der Waals surface area contributed by atoms with E-state index in [4.69, 9.17) is 4.74 Å². The van der Waals surface area contributed by atoms with Gasteiger partial charge in [0, 0.05) is 24.5 Å². The van der Waals surface area contributed by atoms with Gasteiger partial charge in [-0.15, -0.1) is 0 Å². The Morgan fingerprint density at radius 2 is 1.73 bits per heavy atom. The molecule has 0 aromatic heterocycles.